The summed E-state index contributed by atoms with van der Waals surface area (Å²) in [5.41, 5.74) is -1.98. The molecule has 7 nitrogen and oxygen atoms in total. The van der Waals surface area contributed by atoms with Crippen molar-refractivity contribution in [1.29, 1.82) is 0 Å². The molecular formula is C19H26O7. The van der Waals surface area contributed by atoms with Gasteiger partial charge in [-0.3, -0.25) is 14.4 Å². The maximum Gasteiger partial charge on any atom is 0.302 e. The van der Waals surface area contributed by atoms with Crippen molar-refractivity contribution < 1.29 is 33.7 Å². The average molecular weight is 366 g/mol. The number of hydrogen-bond acceptors (Lipinski definition) is 7. The molecule has 1 aliphatic heterocycles. The number of esters is 2. The van der Waals surface area contributed by atoms with E-state index in [2.05, 4.69) is 0 Å². The highest BCUT2D eigenvalue weighted by atomic mass is 16.6. The number of ketones is 1. The second-order valence-corrected chi connectivity index (χ2v) is 8.07. The van der Waals surface area contributed by atoms with Crippen molar-refractivity contribution in [2.45, 2.75) is 64.3 Å². The summed E-state index contributed by atoms with van der Waals surface area (Å²) in [6, 6.07) is 0. The highest BCUT2D eigenvalue weighted by Crippen LogP contribution is 2.65. The molecule has 3 aliphatic rings. The zero-order valence-corrected chi connectivity index (χ0v) is 15.7. The third kappa shape index (κ3) is 2.97. The molecule has 0 aromatic heterocycles. The van der Waals surface area contributed by atoms with E-state index in [0.717, 1.165) is 12.8 Å². The van der Waals surface area contributed by atoms with Crippen LogP contribution in [0, 0.1) is 11.3 Å². The van der Waals surface area contributed by atoms with E-state index in [1.807, 2.05) is 6.92 Å². The Kier molecular flexibility index (Phi) is 4.51. The van der Waals surface area contributed by atoms with Crippen LogP contribution in [-0.2, 0) is 28.6 Å². The van der Waals surface area contributed by atoms with Gasteiger partial charge in [-0.25, -0.2) is 0 Å². The van der Waals surface area contributed by atoms with Gasteiger partial charge in [0.1, 0.15) is 24.4 Å². The third-order valence-corrected chi connectivity index (χ3v) is 6.32. The van der Waals surface area contributed by atoms with Gasteiger partial charge in [0.25, 0.3) is 0 Å². The number of ether oxygens (including phenoxy) is 3. The van der Waals surface area contributed by atoms with Crippen LogP contribution in [0.4, 0.5) is 0 Å². The quantitative estimate of drug-likeness (QED) is 0.558. The summed E-state index contributed by atoms with van der Waals surface area (Å²) in [7, 11) is 0. The van der Waals surface area contributed by atoms with Crippen LogP contribution in [0.3, 0.4) is 0 Å². The summed E-state index contributed by atoms with van der Waals surface area (Å²) in [5.74, 6) is -1.42. The van der Waals surface area contributed by atoms with E-state index in [-0.39, 0.29) is 25.1 Å². The molecule has 0 aromatic carbocycles. The SMILES string of the molecule is CC(=O)OCC(C)(O)C1=CC(=O)[C@H]([C@@]2(COC(C)=O)CC[C@@H]3O[C@@]32C)C1. The van der Waals surface area contributed by atoms with E-state index in [1.54, 1.807) is 0 Å². The van der Waals surface area contributed by atoms with Gasteiger partial charge in [0, 0.05) is 25.2 Å². The molecule has 1 N–H and O–H groups in total. The minimum atomic E-state index is -1.41. The van der Waals surface area contributed by atoms with Crippen molar-refractivity contribution in [1.82, 2.24) is 0 Å². The predicted molar refractivity (Wildman–Crippen MR) is 90.0 cm³/mol. The Bertz CT molecular complexity index is 677. The molecule has 2 fully saturated rings. The molecule has 7 heteroatoms. The van der Waals surface area contributed by atoms with Gasteiger partial charge < -0.3 is 19.3 Å². The van der Waals surface area contributed by atoms with Gasteiger partial charge in [0.05, 0.1) is 6.10 Å². The third-order valence-electron chi connectivity index (χ3n) is 6.32. The normalized spacial score (nSPS) is 37.6. The Hall–Kier alpha value is -1.73. The van der Waals surface area contributed by atoms with E-state index in [1.165, 1.54) is 26.8 Å². The van der Waals surface area contributed by atoms with E-state index in [0.29, 0.717) is 12.0 Å². The van der Waals surface area contributed by atoms with Crippen LogP contribution in [0.5, 0.6) is 0 Å². The van der Waals surface area contributed by atoms with Crippen molar-refractivity contribution in [3.05, 3.63) is 11.6 Å². The van der Waals surface area contributed by atoms with Gasteiger partial charge >= 0.3 is 11.9 Å². The van der Waals surface area contributed by atoms with Gasteiger partial charge in [-0.15, -0.1) is 0 Å². The molecule has 5 atom stereocenters. The van der Waals surface area contributed by atoms with Crippen LogP contribution < -0.4 is 0 Å². The Labute approximate surface area is 152 Å². The molecule has 0 amide bonds. The molecule has 0 bridgehead atoms. The van der Waals surface area contributed by atoms with E-state index in [9.17, 15) is 19.5 Å². The first kappa shape index (κ1) is 19.0. The molecule has 26 heavy (non-hydrogen) atoms. The van der Waals surface area contributed by atoms with E-state index < -0.39 is 34.5 Å². The lowest BCUT2D eigenvalue weighted by molar-refractivity contribution is -0.151. The molecule has 1 saturated heterocycles. The van der Waals surface area contributed by atoms with Gasteiger partial charge in [0.15, 0.2) is 5.78 Å². The lowest BCUT2D eigenvalue weighted by Crippen LogP contribution is -2.47. The molecule has 1 heterocycles. The zero-order chi connectivity index (χ0) is 19.3. The van der Waals surface area contributed by atoms with Crippen molar-refractivity contribution in [2.75, 3.05) is 13.2 Å². The monoisotopic (exact) mass is 366 g/mol. The van der Waals surface area contributed by atoms with Gasteiger partial charge in [-0.2, -0.15) is 0 Å². The maximum absolute atomic E-state index is 12.8. The highest BCUT2D eigenvalue weighted by molar-refractivity contribution is 5.96. The Morgan fingerprint density at radius 2 is 2.00 bits per heavy atom. The summed E-state index contributed by atoms with van der Waals surface area (Å²) in [5, 5.41) is 10.7. The molecule has 0 spiro atoms. The molecule has 0 radical (unpaired) electrons. The number of epoxide rings is 1. The number of aliphatic hydroxyl groups is 1. The second-order valence-electron chi connectivity index (χ2n) is 8.07. The number of rotatable bonds is 6. The fraction of sp³-hybridized carbons (Fsp3) is 0.737. The van der Waals surface area contributed by atoms with Crippen molar-refractivity contribution in [2.24, 2.45) is 11.3 Å². The molecule has 3 rings (SSSR count). The lowest BCUT2D eigenvalue weighted by atomic mass is 9.66. The zero-order valence-electron chi connectivity index (χ0n) is 15.7. The minimum absolute atomic E-state index is 0.0801. The summed E-state index contributed by atoms with van der Waals surface area (Å²) < 4.78 is 16.1. The van der Waals surface area contributed by atoms with Crippen molar-refractivity contribution in [3.63, 3.8) is 0 Å². The van der Waals surface area contributed by atoms with Crippen LogP contribution in [0.25, 0.3) is 0 Å². The van der Waals surface area contributed by atoms with Gasteiger partial charge in [0.2, 0.25) is 0 Å². The van der Waals surface area contributed by atoms with E-state index in [4.69, 9.17) is 14.2 Å². The number of hydrogen-bond donors (Lipinski definition) is 1. The van der Waals surface area contributed by atoms with Gasteiger partial charge in [-0.1, -0.05) is 0 Å². The molecular weight excluding hydrogens is 340 g/mol. The van der Waals surface area contributed by atoms with Crippen LogP contribution in [-0.4, -0.2) is 53.3 Å². The number of allylic oxidation sites excluding steroid dienone is 1. The fourth-order valence-electron chi connectivity index (χ4n) is 4.57. The summed E-state index contributed by atoms with van der Waals surface area (Å²) in [6.07, 6.45) is 3.41. The smallest absolute Gasteiger partial charge is 0.302 e. The van der Waals surface area contributed by atoms with Crippen molar-refractivity contribution >= 4 is 17.7 Å². The number of carbonyl (C=O) groups excluding carboxylic acids is 3. The van der Waals surface area contributed by atoms with Crippen LogP contribution in [0.15, 0.2) is 11.6 Å². The highest BCUT2D eigenvalue weighted by Gasteiger charge is 2.73. The predicted octanol–water partition coefficient (Wildman–Crippen LogP) is 1.32. The molecule has 0 aromatic rings. The first-order valence-electron chi connectivity index (χ1n) is 8.94. The summed E-state index contributed by atoms with van der Waals surface area (Å²) in [4.78, 5) is 35.3. The Morgan fingerprint density at radius 3 is 2.50 bits per heavy atom. The summed E-state index contributed by atoms with van der Waals surface area (Å²) in [6.45, 7) is 6.03. The first-order chi connectivity index (χ1) is 12.0. The topological polar surface area (TPSA) is 102 Å². The lowest BCUT2D eigenvalue weighted by Gasteiger charge is -2.39. The average Bonchev–Trinajstić information content (AvgIpc) is 2.91. The standard InChI is InChI=1S/C19H26O7/c1-11(20)24-9-17(3,23)13-7-14(15(22)8-13)19(10-25-12(2)21)6-5-16-18(19,4)26-16/h8,14,16,23H,5-7,9-10H2,1-4H3/t14-,16+,17?,18+,19+/m1/s1. The number of fused-ring (bicyclic) bond motifs is 1. The van der Waals surface area contributed by atoms with Gasteiger partial charge in [-0.05, 0) is 44.8 Å². The molecule has 1 unspecified atom stereocenters. The van der Waals surface area contributed by atoms with Crippen molar-refractivity contribution in [3.8, 4) is 0 Å². The summed E-state index contributed by atoms with van der Waals surface area (Å²) >= 11 is 0. The minimum Gasteiger partial charge on any atom is -0.465 e. The van der Waals surface area contributed by atoms with Crippen LogP contribution in [0.2, 0.25) is 0 Å². The fourth-order valence-corrected chi connectivity index (χ4v) is 4.57. The molecule has 1 saturated carbocycles. The Morgan fingerprint density at radius 1 is 1.35 bits per heavy atom. The first-order valence-corrected chi connectivity index (χ1v) is 8.94. The molecule has 2 aliphatic carbocycles. The van der Waals surface area contributed by atoms with E-state index >= 15 is 0 Å². The maximum atomic E-state index is 12.8. The van der Waals surface area contributed by atoms with Crippen LogP contribution >= 0.6 is 0 Å². The Balaban J connectivity index is 1.81. The molecule has 144 valence electrons. The number of carbonyl (C=O) groups is 3. The largest absolute Gasteiger partial charge is 0.465 e. The second kappa shape index (κ2) is 6.16. The van der Waals surface area contributed by atoms with Crippen LogP contribution in [0.1, 0.15) is 47.0 Å².